The molecule has 1 saturated heterocycles. The second kappa shape index (κ2) is 8.76. The fourth-order valence-electron chi connectivity index (χ4n) is 3.85. The Morgan fingerprint density at radius 3 is 2.35 bits per heavy atom. The van der Waals surface area contributed by atoms with Crippen LogP contribution in [0, 0.1) is 0 Å². The molecule has 1 aromatic heterocycles. The Bertz CT molecular complexity index is 1170. The zero-order valence-electron chi connectivity index (χ0n) is 16.8. The van der Waals surface area contributed by atoms with E-state index in [0.29, 0.717) is 39.1 Å². The normalized spacial score (nSPS) is 15.6. The summed E-state index contributed by atoms with van der Waals surface area (Å²) in [7, 11) is -4.57. The van der Waals surface area contributed by atoms with E-state index in [2.05, 4.69) is 9.88 Å². The van der Waals surface area contributed by atoms with Gasteiger partial charge in [-0.15, -0.1) is 0 Å². The summed E-state index contributed by atoms with van der Waals surface area (Å²) in [6.07, 6.45) is 2.24. The Morgan fingerprint density at radius 2 is 1.68 bits per heavy atom. The number of amides is 1. The Labute approximate surface area is 179 Å². The number of nitrogens with zero attached hydrogens (tertiary/aromatic N) is 2. The predicted molar refractivity (Wildman–Crippen MR) is 113 cm³/mol. The third-order valence-electron chi connectivity index (χ3n) is 5.63. The van der Waals surface area contributed by atoms with E-state index in [0.717, 1.165) is 22.0 Å². The van der Waals surface area contributed by atoms with Crippen molar-refractivity contribution >= 4 is 26.6 Å². The van der Waals surface area contributed by atoms with E-state index in [4.69, 9.17) is 0 Å². The molecule has 9 heteroatoms. The smallest absolute Gasteiger partial charge is 0.341 e. The van der Waals surface area contributed by atoms with E-state index >= 15 is 0 Å². The molecule has 1 amide bonds. The van der Waals surface area contributed by atoms with Crippen molar-refractivity contribution in [3.8, 4) is 0 Å². The summed E-state index contributed by atoms with van der Waals surface area (Å²) >= 11 is 0. The Balaban J connectivity index is 1.31. The summed E-state index contributed by atoms with van der Waals surface area (Å²) < 4.78 is 48.3. The summed E-state index contributed by atoms with van der Waals surface area (Å²) in [5.74, 6) is -3.33. The Hall–Kier alpha value is -2.78. The number of carbonyl (C=O) groups is 1. The van der Waals surface area contributed by atoms with Gasteiger partial charge in [-0.05, 0) is 29.3 Å². The van der Waals surface area contributed by atoms with Gasteiger partial charge in [0.2, 0.25) is 15.7 Å². The topological polar surface area (TPSA) is 73.5 Å². The minimum Gasteiger partial charge on any atom is -0.361 e. The molecule has 31 heavy (non-hydrogen) atoms. The van der Waals surface area contributed by atoms with Crippen molar-refractivity contribution in [3.63, 3.8) is 0 Å². The first kappa shape index (κ1) is 21.5. The third-order valence-corrected chi connectivity index (χ3v) is 7.03. The van der Waals surface area contributed by atoms with E-state index in [1.54, 1.807) is 12.1 Å². The lowest BCUT2D eigenvalue weighted by molar-refractivity contribution is -0.132. The highest BCUT2D eigenvalue weighted by Gasteiger charge is 2.26. The maximum Gasteiger partial charge on any atom is 0.341 e. The quantitative estimate of drug-likeness (QED) is 0.631. The number of carbonyl (C=O) groups excluding carboxylic acids is 1. The number of rotatable bonds is 6. The highest BCUT2D eigenvalue weighted by Crippen LogP contribution is 2.21. The van der Waals surface area contributed by atoms with Crippen LogP contribution >= 0.6 is 0 Å². The van der Waals surface area contributed by atoms with Crippen LogP contribution < -0.4 is 0 Å². The molecule has 0 unspecified atom stereocenters. The second-order valence-electron chi connectivity index (χ2n) is 7.64. The molecule has 0 spiro atoms. The molecule has 1 aliphatic heterocycles. The van der Waals surface area contributed by atoms with Crippen molar-refractivity contribution in [2.75, 3.05) is 26.2 Å². The van der Waals surface area contributed by atoms with Crippen LogP contribution in [0.1, 0.15) is 11.1 Å². The largest absolute Gasteiger partial charge is 0.361 e. The van der Waals surface area contributed by atoms with Gasteiger partial charge < -0.3 is 9.88 Å². The average molecular weight is 448 g/mol. The zero-order chi connectivity index (χ0) is 22.0. The molecule has 0 bridgehead atoms. The van der Waals surface area contributed by atoms with Crippen molar-refractivity contribution < 1.29 is 22.0 Å². The van der Waals surface area contributed by atoms with Crippen molar-refractivity contribution in [1.29, 1.82) is 0 Å². The maximum atomic E-state index is 12.7. The molecule has 4 rings (SSSR count). The molecular weight excluding hydrogens is 424 g/mol. The van der Waals surface area contributed by atoms with Crippen LogP contribution in [0.5, 0.6) is 0 Å². The van der Waals surface area contributed by atoms with Crippen molar-refractivity contribution in [1.82, 2.24) is 14.8 Å². The summed E-state index contributed by atoms with van der Waals surface area (Å²) in [6, 6.07) is 13.5. The standard InChI is InChI=1S/C22H23F2N3O3S/c23-22(24)31(29,30)18-7-5-16(6-8-18)15-26-9-11-27(12-10-26)21(28)13-17-14-25-20-4-2-1-3-19(17)20/h1-8,14,22,25H,9-13,15H2. The van der Waals surface area contributed by atoms with Crippen LogP contribution in [-0.4, -0.2) is 61.0 Å². The number of benzene rings is 2. The molecule has 0 radical (unpaired) electrons. The lowest BCUT2D eigenvalue weighted by Crippen LogP contribution is -2.48. The number of aromatic nitrogens is 1. The summed E-state index contributed by atoms with van der Waals surface area (Å²) in [5, 5.41) is 1.06. The fourth-order valence-corrected chi connectivity index (χ4v) is 4.57. The number of H-pyrrole nitrogens is 1. The highest BCUT2D eigenvalue weighted by molar-refractivity contribution is 7.91. The average Bonchev–Trinajstić information content (AvgIpc) is 3.17. The molecule has 3 aromatic rings. The molecule has 6 nitrogen and oxygen atoms in total. The van der Waals surface area contributed by atoms with Gasteiger partial charge in [-0.1, -0.05) is 30.3 Å². The van der Waals surface area contributed by atoms with Gasteiger partial charge in [0, 0.05) is 49.8 Å². The number of nitrogens with one attached hydrogen (secondary N) is 1. The number of sulfone groups is 1. The minimum absolute atomic E-state index is 0.0889. The number of aromatic amines is 1. The summed E-state index contributed by atoms with van der Waals surface area (Å²) in [4.78, 5) is 19.6. The molecule has 0 aliphatic carbocycles. The van der Waals surface area contributed by atoms with Crippen LogP contribution in [0.15, 0.2) is 59.6 Å². The highest BCUT2D eigenvalue weighted by atomic mass is 32.2. The molecule has 0 saturated carbocycles. The van der Waals surface area contributed by atoms with E-state index in [1.165, 1.54) is 12.1 Å². The minimum atomic E-state index is -4.57. The van der Waals surface area contributed by atoms with Gasteiger partial charge in [-0.2, -0.15) is 8.78 Å². The molecule has 164 valence electrons. The zero-order valence-corrected chi connectivity index (χ0v) is 17.6. The van der Waals surface area contributed by atoms with Crippen molar-refractivity contribution in [3.05, 3.63) is 65.9 Å². The van der Waals surface area contributed by atoms with E-state index in [1.807, 2.05) is 35.4 Å². The van der Waals surface area contributed by atoms with Crippen LogP contribution in [0.25, 0.3) is 10.9 Å². The monoisotopic (exact) mass is 447 g/mol. The SMILES string of the molecule is O=C(Cc1c[nH]c2ccccc12)N1CCN(Cc2ccc(S(=O)(=O)C(F)F)cc2)CC1. The molecular formula is C22H23F2N3O3S. The van der Waals surface area contributed by atoms with Crippen LogP contribution in [0.3, 0.4) is 0 Å². The first-order valence-electron chi connectivity index (χ1n) is 10.0. The van der Waals surface area contributed by atoms with Crippen molar-refractivity contribution in [2.24, 2.45) is 0 Å². The second-order valence-corrected chi connectivity index (χ2v) is 9.56. The first-order chi connectivity index (χ1) is 14.8. The molecule has 1 aliphatic rings. The van der Waals surface area contributed by atoms with E-state index in [9.17, 15) is 22.0 Å². The number of piperazine rings is 1. The lowest BCUT2D eigenvalue weighted by Gasteiger charge is -2.34. The maximum absolute atomic E-state index is 12.7. The number of fused-ring (bicyclic) bond motifs is 1. The predicted octanol–water partition coefficient (Wildman–Crippen LogP) is 3.05. The molecule has 1 N–H and O–H groups in total. The fraction of sp³-hybridized carbons (Fsp3) is 0.318. The van der Waals surface area contributed by atoms with E-state index < -0.39 is 15.6 Å². The number of hydrogen-bond donors (Lipinski definition) is 1. The molecule has 0 atom stereocenters. The van der Waals surface area contributed by atoms with Gasteiger partial charge in [0.25, 0.3) is 0 Å². The number of alkyl halides is 2. The van der Waals surface area contributed by atoms with Gasteiger partial charge in [-0.3, -0.25) is 9.69 Å². The van der Waals surface area contributed by atoms with Gasteiger partial charge in [-0.25, -0.2) is 8.42 Å². The summed E-state index contributed by atoms with van der Waals surface area (Å²) in [6.45, 7) is 3.17. The van der Waals surface area contributed by atoms with Crippen LogP contribution in [-0.2, 0) is 27.6 Å². The molecule has 1 fully saturated rings. The number of para-hydroxylation sites is 1. The number of halogens is 2. The van der Waals surface area contributed by atoms with Crippen molar-refractivity contribution in [2.45, 2.75) is 23.6 Å². The number of hydrogen-bond acceptors (Lipinski definition) is 4. The van der Waals surface area contributed by atoms with Gasteiger partial charge >= 0.3 is 5.76 Å². The Morgan fingerprint density at radius 1 is 1.00 bits per heavy atom. The lowest BCUT2D eigenvalue weighted by atomic mass is 10.1. The van der Waals surface area contributed by atoms with Crippen LogP contribution in [0.2, 0.25) is 0 Å². The van der Waals surface area contributed by atoms with Gasteiger partial charge in [0.15, 0.2) is 0 Å². The van der Waals surface area contributed by atoms with E-state index in [-0.39, 0.29) is 10.8 Å². The first-order valence-corrected chi connectivity index (χ1v) is 11.6. The van der Waals surface area contributed by atoms with Gasteiger partial charge in [0.05, 0.1) is 11.3 Å². The summed E-state index contributed by atoms with van der Waals surface area (Å²) in [5.41, 5.74) is 2.84. The van der Waals surface area contributed by atoms with Gasteiger partial charge in [0.1, 0.15) is 0 Å². The third kappa shape index (κ3) is 4.62. The molecule has 2 heterocycles. The molecule has 2 aromatic carbocycles. The Kier molecular flexibility index (Phi) is 6.06. The van der Waals surface area contributed by atoms with Crippen LogP contribution in [0.4, 0.5) is 8.78 Å².